The summed E-state index contributed by atoms with van der Waals surface area (Å²) in [6.07, 6.45) is 0. The number of carbonyl (C=O) groups excluding carboxylic acids is 1. The number of amides is 1. The molecule has 0 fully saturated rings. The molecule has 0 saturated carbocycles. The van der Waals surface area contributed by atoms with E-state index in [0.717, 1.165) is 9.37 Å². The third-order valence-corrected chi connectivity index (χ3v) is 3.68. The lowest BCUT2D eigenvalue weighted by molar-refractivity contribution is -0.120. The van der Waals surface area contributed by atoms with Crippen molar-refractivity contribution < 1.29 is 4.79 Å². The Balaban J connectivity index is 2.69. The van der Waals surface area contributed by atoms with Crippen molar-refractivity contribution in [2.75, 3.05) is 12.3 Å². The van der Waals surface area contributed by atoms with E-state index >= 15 is 0 Å². The molecule has 0 heterocycles. The summed E-state index contributed by atoms with van der Waals surface area (Å²) in [5.74, 6) is 0.0369. The number of benzene rings is 1. The quantitative estimate of drug-likeness (QED) is 0.664. The van der Waals surface area contributed by atoms with Crippen LogP contribution in [0.15, 0.2) is 27.6 Å². The molecule has 1 aromatic carbocycles. The zero-order valence-corrected chi connectivity index (χ0v) is 11.7. The number of nitrogens with two attached hydrogens (primary N) is 1. The van der Waals surface area contributed by atoms with E-state index in [1.54, 1.807) is 0 Å². The molecule has 88 valence electrons. The molecule has 0 saturated heterocycles. The fraction of sp³-hybridized carbons (Fsp3) is 0.364. The Hall–Kier alpha value is -0.680. The van der Waals surface area contributed by atoms with Crippen molar-refractivity contribution in [3.63, 3.8) is 0 Å². The van der Waals surface area contributed by atoms with Crippen molar-refractivity contribution in [2.24, 2.45) is 0 Å². The van der Waals surface area contributed by atoms with Gasteiger partial charge in [-0.3, -0.25) is 4.79 Å². The van der Waals surface area contributed by atoms with Gasteiger partial charge in [0, 0.05) is 21.6 Å². The number of anilines is 1. The first-order valence-corrected chi connectivity index (χ1v) is 6.71. The van der Waals surface area contributed by atoms with E-state index in [-0.39, 0.29) is 11.2 Å². The van der Waals surface area contributed by atoms with Gasteiger partial charge in [0.15, 0.2) is 0 Å². The second-order valence-corrected chi connectivity index (χ2v) is 5.64. The molecule has 1 atom stereocenters. The first-order chi connectivity index (χ1) is 7.54. The normalized spacial score (nSPS) is 12.2. The fourth-order valence-electron chi connectivity index (χ4n) is 1.19. The van der Waals surface area contributed by atoms with E-state index in [1.165, 1.54) is 11.8 Å². The second kappa shape index (κ2) is 6.15. The molecule has 0 aliphatic heterocycles. The maximum atomic E-state index is 11.5. The number of hydrogen-bond donors (Lipinski definition) is 2. The molecular weight excluding hydrogens is 288 g/mol. The van der Waals surface area contributed by atoms with Crippen molar-refractivity contribution in [3.05, 3.63) is 22.7 Å². The average molecular weight is 303 g/mol. The highest BCUT2D eigenvalue weighted by atomic mass is 79.9. The third-order valence-electron chi connectivity index (χ3n) is 2.00. The van der Waals surface area contributed by atoms with Crippen LogP contribution in [0.25, 0.3) is 0 Å². The number of halogens is 1. The molecule has 1 aromatic rings. The summed E-state index contributed by atoms with van der Waals surface area (Å²) in [5, 5.41) is 2.65. The van der Waals surface area contributed by atoms with Crippen LogP contribution in [-0.4, -0.2) is 17.7 Å². The summed E-state index contributed by atoms with van der Waals surface area (Å²) < 4.78 is 0.944. The summed E-state index contributed by atoms with van der Waals surface area (Å²) in [6, 6.07) is 5.68. The Kier molecular flexibility index (Phi) is 5.15. The SMILES string of the molecule is CCNC(=O)C(C)Sc1ccc(Br)cc1N. The molecule has 1 rings (SSSR count). The maximum absolute atomic E-state index is 11.5. The molecule has 5 heteroatoms. The van der Waals surface area contributed by atoms with Gasteiger partial charge in [0.1, 0.15) is 0 Å². The van der Waals surface area contributed by atoms with Gasteiger partial charge in [0.2, 0.25) is 5.91 Å². The predicted molar refractivity (Wildman–Crippen MR) is 72.6 cm³/mol. The number of nitrogens with one attached hydrogen (secondary N) is 1. The number of hydrogen-bond acceptors (Lipinski definition) is 3. The highest BCUT2D eigenvalue weighted by molar-refractivity contribution is 9.10. The second-order valence-electron chi connectivity index (χ2n) is 3.34. The average Bonchev–Trinajstić information content (AvgIpc) is 2.22. The molecule has 1 unspecified atom stereocenters. The van der Waals surface area contributed by atoms with Crippen LogP contribution >= 0.6 is 27.7 Å². The van der Waals surface area contributed by atoms with Crippen molar-refractivity contribution >= 4 is 39.3 Å². The minimum absolute atomic E-state index is 0.0369. The molecule has 0 radical (unpaired) electrons. The molecule has 0 bridgehead atoms. The Bertz CT molecular complexity index is 384. The number of nitrogen functional groups attached to an aromatic ring is 1. The van der Waals surface area contributed by atoms with E-state index in [2.05, 4.69) is 21.2 Å². The van der Waals surface area contributed by atoms with Crippen molar-refractivity contribution in [2.45, 2.75) is 24.0 Å². The van der Waals surface area contributed by atoms with Crippen molar-refractivity contribution in [1.29, 1.82) is 0 Å². The Morgan fingerprint density at radius 1 is 1.62 bits per heavy atom. The van der Waals surface area contributed by atoms with Crippen molar-refractivity contribution in [1.82, 2.24) is 5.32 Å². The molecule has 1 amide bonds. The van der Waals surface area contributed by atoms with E-state index in [9.17, 15) is 4.79 Å². The van der Waals surface area contributed by atoms with E-state index in [4.69, 9.17) is 5.73 Å². The Morgan fingerprint density at radius 3 is 2.88 bits per heavy atom. The third kappa shape index (κ3) is 3.72. The van der Waals surface area contributed by atoms with Crippen LogP contribution in [0.4, 0.5) is 5.69 Å². The van der Waals surface area contributed by atoms with Crippen LogP contribution in [0.1, 0.15) is 13.8 Å². The lowest BCUT2D eigenvalue weighted by atomic mass is 10.3. The monoisotopic (exact) mass is 302 g/mol. The largest absolute Gasteiger partial charge is 0.398 e. The molecule has 16 heavy (non-hydrogen) atoms. The molecule has 3 nitrogen and oxygen atoms in total. The van der Waals surface area contributed by atoms with Gasteiger partial charge < -0.3 is 11.1 Å². The molecule has 0 aliphatic carbocycles. The summed E-state index contributed by atoms with van der Waals surface area (Å²) in [4.78, 5) is 12.5. The van der Waals surface area contributed by atoms with E-state index in [0.29, 0.717) is 12.2 Å². The minimum atomic E-state index is -0.136. The predicted octanol–water partition coefficient (Wildman–Crippen LogP) is 2.65. The zero-order chi connectivity index (χ0) is 12.1. The van der Waals surface area contributed by atoms with Gasteiger partial charge in [0.25, 0.3) is 0 Å². The number of rotatable bonds is 4. The van der Waals surface area contributed by atoms with Gasteiger partial charge in [-0.15, -0.1) is 11.8 Å². The van der Waals surface area contributed by atoms with Crippen molar-refractivity contribution in [3.8, 4) is 0 Å². The number of thioether (sulfide) groups is 1. The van der Waals surface area contributed by atoms with Gasteiger partial charge in [0.05, 0.1) is 5.25 Å². The van der Waals surface area contributed by atoms with Gasteiger partial charge in [-0.1, -0.05) is 15.9 Å². The van der Waals surface area contributed by atoms with Gasteiger partial charge >= 0.3 is 0 Å². The maximum Gasteiger partial charge on any atom is 0.233 e. The molecular formula is C11H15BrN2OS. The van der Waals surface area contributed by atoms with Crippen LogP contribution in [0.5, 0.6) is 0 Å². The van der Waals surface area contributed by atoms with Crippen LogP contribution in [0.3, 0.4) is 0 Å². The van der Waals surface area contributed by atoms with Gasteiger partial charge in [-0.2, -0.15) is 0 Å². The van der Waals surface area contributed by atoms with Crippen LogP contribution in [0.2, 0.25) is 0 Å². The van der Waals surface area contributed by atoms with Crippen LogP contribution < -0.4 is 11.1 Å². The van der Waals surface area contributed by atoms with E-state index in [1.807, 2.05) is 32.0 Å². The van der Waals surface area contributed by atoms with E-state index < -0.39 is 0 Å². The lowest BCUT2D eigenvalue weighted by Crippen LogP contribution is -2.30. The highest BCUT2D eigenvalue weighted by Crippen LogP contribution is 2.30. The summed E-state index contributed by atoms with van der Waals surface area (Å²) in [5.41, 5.74) is 6.55. The van der Waals surface area contributed by atoms with Crippen LogP contribution in [-0.2, 0) is 4.79 Å². The minimum Gasteiger partial charge on any atom is -0.398 e. The summed E-state index contributed by atoms with van der Waals surface area (Å²) in [7, 11) is 0. The molecule has 0 spiro atoms. The fourth-order valence-corrected chi connectivity index (χ4v) is 2.48. The standard InChI is InChI=1S/C11H15BrN2OS/c1-3-14-11(15)7(2)16-10-5-4-8(12)6-9(10)13/h4-7H,3,13H2,1-2H3,(H,14,15). The van der Waals surface area contributed by atoms with Crippen LogP contribution in [0, 0.1) is 0 Å². The summed E-state index contributed by atoms with van der Waals surface area (Å²) >= 11 is 4.82. The lowest BCUT2D eigenvalue weighted by Gasteiger charge is -2.12. The molecule has 0 aromatic heterocycles. The first-order valence-electron chi connectivity index (χ1n) is 5.04. The topological polar surface area (TPSA) is 55.1 Å². The Labute approximate surface area is 108 Å². The first kappa shape index (κ1) is 13.4. The summed E-state index contributed by atoms with van der Waals surface area (Å²) in [6.45, 7) is 4.43. The smallest absolute Gasteiger partial charge is 0.233 e. The zero-order valence-electron chi connectivity index (χ0n) is 9.29. The molecule has 0 aliphatic rings. The highest BCUT2D eigenvalue weighted by Gasteiger charge is 2.14. The van der Waals surface area contributed by atoms with Gasteiger partial charge in [-0.05, 0) is 32.0 Å². The number of carbonyl (C=O) groups is 1. The van der Waals surface area contributed by atoms with Gasteiger partial charge in [-0.25, -0.2) is 0 Å². The Morgan fingerprint density at radius 2 is 2.31 bits per heavy atom. The molecule has 3 N–H and O–H groups in total.